The van der Waals surface area contributed by atoms with Gasteiger partial charge in [0.1, 0.15) is 0 Å². The molecule has 0 bridgehead atoms. The standard InChI is InChI=1S/C21H28IN3/c1-6-17-10-9-11-18(14-17)24(15(2)3)21(23)25(16(4)5)20-13-8-7-12-19(20)22/h7-16,23H,6H2,1-5H3. The van der Waals surface area contributed by atoms with Gasteiger partial charge >= 0.3 is 0 Å². The fourth-order valence-electron chi connectivity index (χ4n) is 2.99. The average molecular weight is 449 g/mol. The predicted molar refractivity (Wildman–Crippen MR) is 118 cm³/mol. The van der Waals surface area contributed by atoms with E-state index in [0.29, 0.717) is 5.96 Å². The van der Waals surface area contributed by atoms with E-state index in [4.69, 9.17) is 5.41 Å². The summed E-state index contributed by atoms with van der Waals surface area (Å²) in [6.07, 6.45) is 0.998. The first kappa shape index (κ1) is 19.8. The lowest BCUT2D eigenvalue weighted by molar-refractivity contribution is 0.745. The molecule has 0 aliphatic heterocycles. The minimum absolute atomic E-state index is 0.194. The van der Waals surface area contributed by atoms with Crippen molar-refractivity contribution in [3.8, 4) is 0 Å². The Morgan fingerprint density at radius 2 is 1.60 bits per heavy atom. The Morgan fingerprint density at radius 3 is 2.16 bits per heavy atom. The number of guanidine groups is 1. The van der Waals surface area contributed by atoms with Gasteiger partial charge in [-0.3, -0.25) is 5.41 Å². The number of anilines is 2. The molecule has 0 saturated carbocycles. The molecule has 0 radical (unpaired) electrons. The maximum absolute atomic E-state index is 9.01. The van der Waals surface area contributed by atoms with Crippen LogP contribution in [0.15, 0.2) is 48.5 Å². The third-order valence-corrected chi connectivity index (χ3v) is 5.11. The number of halogens is 1. The van der Waals surface area contributed by atoms with E-state index in [1.807, 2.05) is 12.1 Å². The molecule has 0 spiro atoms. The number of nitrogens with zero attached hydrogens (tertiary/aromatic N) is 2. The maximum atomic E-state index is 9.01. The zero-order chi connectivity index (χ0) is 18.6. The van der Waals surface area contributed by atoms with E-state index in [9.17, 15) is 0 Å². The van der Waals surface area contributed by atoms with Gasteiger partial charge in [0.05, 0.1) is 5.69 Å². The lowest BCUT2D eigenvalue weighted by Crippen LogP contribution is -2.50. The number of benzene rings is 2. The zero-order valence-corrected chi connectivity index (χ0v) is 17.9. The number of hydrogen-bond acceptors (Lipinski definition) is 1. The van der Waals surface area contributed by atoms with Crippen LogP contribution in [0.2, 0.25) is 0 Å². The summed E-state index contributed by atoms with van der Waals surface area (Å²) in [7, 11) is 0. The van der Waals surface area contributed by atoms with Gasteiger partial charge in [-0.05, 0) is 86.5 Å². The molecule has 2 aromatic carbocycles. The molecular formula is C21H28IN3. The molecule has 4 heteroatoms. The number of rotatable bonds is 5. The summed E-state index contributed by atoms with van der Waals surface area (Å²) in [6.45, 7) is 10.7. The monoisotopic (exact) mass is 449 g/mol. The molecule has 134 valence electrons. The SMILES string of the molecule is CCc1cccc(N(C(=N)N(c2ccccc2I)C(C)C)C(C)C)c1. The molecule has 3 nitrogen and oxygen atoms in total. The Balaban J connectivity index is 2.48. The van der Waals surface area contributed by atoms with Crippen LogP contribution in [0.25, 0.3) is 0 Å². The predicted octanol–water partition coefficient (Wildman–Crippen LogP) is 5.92. The molecule has 2 aromatic rings. The minimum atomic E-state index is 0.194. The number of hydrogen-bond donors (Lipinski definition) is 1. The Labute approximate surface area is 165 Å². The van der Waals surface area contributed by atoms with Gasteiger partial charge in [-0.1, -0.05) is 31.2 Å². The van der Waals surface area contributed by atoms with E-state index < -0.39 is 0 Å². The van der Waals surface area contributed by atoms with Crippen LogP contribution in [-0.2, 0) is 6.42 Å². The van der Waals surface area contributed by atoms with Crippen LogP contribution in [0.5, 0.6) is 0 Å². The molecule has 0 heterocycles. The number of para-hydroxylation sites is 1. The summed E-state index contributed by atoms with van der Waals surface area (Å²) in [5, 5.41) is 9.01. The Morgan fingerprint density at radius 1 is 0.960 bits per heavy atom. The maximum Gasteiger partial charge on any atom is 0.203 e. The smallest absolute Gasteiger partial charge is 0.203 e. The molecule has 0 saturated heterocycles. The molecule has 1 N–H and O–H groups in total. The van der Waals surface area contributed by atoms with Gasteiger partial charge < -0.3 is 9.80 Å². The highest BCUT2D eigenvalue weighted by Gasteiger charge is 2.25. The first-order valence-electron chi connectivity index (χ1n) is 8.87. The van der Waals surface area contributed by atoms with Crippen LogP contribution in [-0.4, -0.2) is 18.0 Å². The van der Waals surface area contributed by atoms with Crippen molar-refractivity contribution in [2.24, 2.45) is 0 Å². The first-order valence-corrected chi connectivity index (χ1v) is 9.95. The second kappa shape index (κ2) is 8.70. The fraction of sp³-hybridized carbons (Fsp3) is 0.381. The molecule has 0 fully saturated rings. The summed E-state index contributed by atoms with van der Waals surface area (Å²) in [4.78, 5) is 4.22. The fourth-order valence-corrected chi connectivity index (χ4v) is 3.64. The van der Waals surface area contributed by atoms with Gasteiger partial charge in [-0.15, -0.1) is 0 Å². The molecule has 25 heavy (non-hydrogen) atoms. The van der Waals surface area contributed by atoms with E-state index in [2.05, 4.69) is 103 Å². The third kappa shape index (κ3) is 4.54. The van der Waals surface area contributed by atoms with E-state index in [1.54, 1.807) is 0 Å². The summed E-state index contributed by atoms with van der Waals surface area (Å²) in [5.74, 6) is 0.516. The van der Waals surface area contributed by atoms with E-state index in [1.165, 1.54) is 5.56 Å². The Kier molecular flexibility index (Phi) is 6.87. The third-order valence-electron chi connectivity index (χ3n) is 4.20. The van der Waals surface area contributed by atoms with Crippen LogP contribution < -0.4 is 9.80 Å². The van der Waals surface area contributed by atoms with Crippen molar-refractivity contribution < 1.29 is 0 Å². The van der Waals surface area contributed by atoms with Crippen molar-refractivity contribution >= 4 is 39.9 Å². The quantitative estimate of drug-likeness (QED) is 0.349. The molecule has 0 aromatic heterocycles. The van der Waals surface area contributed by atoms with Crippen LogP contribution >= 0.6 is 22.6 Å². The van der Waals surface area contributed by atoms with Gasteiger partial charge in [0.2, 0.25) is 5.96 Å². The highest BCUT2D eigenvalue weighted by Crippen LogP contribution is 2.28. The van der Waals surface area contributed by atoms with Crippen LogP contribution in [0, 0.1) is 8.98 Å². The van der Waals surface area contributed by atoms with E-state index in [0.717, 1.165) is 21.4 Å². The largest absolute Gasteiger partial charge is 0.310 e. The lowest BCUT2D eigenvalue weighted by Gasteiger charge is -2.38. The molecule has 2 rings (SSSR count). The topological polar surface area (TPSA) is 30.3 Å². The van der Waals surface area contributed by atoms with Gasteiger partial charge in [0.15, 0.2) is 0 Å². The Hall–Kier alpha value is -1.56. The molecule has 0 amide bonds. The van der Waals surface area contributed by atoms with Gasteiger partial charge in [0, 0.05) is 21.3 Å². The van der Waals surface area contributed by atoms with Crippen molar-refractivity contribution in [3.05, 3.63) is 57.7 Å². The molecular weight excluding hydrogens is 421 g/mol. The van der Waals surface area contributed by atoms with Crippen molar-refractivity contribution in [2.75, 3.05) is 9.80 Å². The average Bonchev–Trinajstić information content (AvgIpc) is 2.56. The van der Waals surface area contributed by atoms with Gasteiger partial charge in [-0.25, -0.2) is 0 Å². The van der Waals surface area contributed by atoms with Gasteiger partial charge in [-0.2, -0.15) is 0 Å². The summed E-state index contributed by atoms with van der Waals surface area (Å²) in [5.41, 5.74) is 3.46. The zero-order valence-electron chi connectivity index (χ0n) is 15.8. The molecule has 0 unspecified atom stereocenters. The van der Waals surface area contributed by atoms with Crippen LogP contribution in [0.3, 0.4) is 0 Å². The Bertz CT molecular complexity index is 725. The first-order chi connectivity index (χ1) is 11.9. The normalized spacial score (nSPS) is 11.0. The van der Waals surface area contributed by atoms with Crippen LogP contribution in [0.4, 0.5) is 11.4 Å². The summed E-state index contributed by atoms with van der Waals surface area (Å²) in [6, 6.07) is 17.2. The van der Waals surface area contributed by atoms with Crippen molar-refractivity contribution in [3.63, 3.8) is 0 Å². The molecule has 0 atom stereocenters. The van der Waals surface area contributed by atoms with E-state index >= 15 is 0 Å². The second-order valence-corrected chi connectivity index (χ2v) is 7.89. The molecule has 0 aliphatic rings. The van der Waals surface area contributed by atoms with Crippen molar-refractivity contribution in [1.29, 1.82) is 5.41 Å². The molecule has 0 aliphatic carbocycles. The van der Waals surface area contributed by atoms with Gasteiger partial charge in [0.25, 0.3) is 0 Å². The van der Waals surface area contributed by atoms with E-state index in [-0.39, 0.29) is 12.1 Å². The summed E-state index contributed by atoms with van der Waals surface area (Å²) >= 11 is 2.35. The van der Waals surface area contributed by atoms with Crippen LogP contribution in [0.1, 0.15) is 40.2 Å². The van der Waals surface area contributed by atoms with Crippen molar-refractivity contribution in [1.82, 2.24) is 0 Å². The minimum Gasteiger partial charge on any atom is -0.310 e. The van der Waals surface area contributed by atoms with Crippen molar-refractivity contribution in [2.45, 2.75) is 53.1 Å². The number of nitrogens with one attached hydrogen (secondary N) is 1. The number of aryl methyl sites for hydroxylation is 1. The highest BCUT2D eigenvalue weighted by molar-refractivity contribution is 14.1. The second-order valence-electron chi connectivity index (χ2n) is 6.73. The lowest BCUT2D eigenvalue weighted by atomic mass is 10.1. The highest BCUT2D eigenvalue weighted by atomic mass is 127. The summed E-state index contributed by atoms with van der Waals surface area (Å²) < 4.78 is 1.16.